The number of amides is 6. The van der Waals surface area contributed by atoms with Gasteiger partial charge in [0.05, 0.1) is 29.1 Å². The zero-order valence-electron chi connectivity index (χ0n) is 31.3. The summed E-state index contributed by atoms with van der Waals surface area (Å²) in [6.45, 7) is 2.01. The number of nitrogens with one attached hydrogen (secondary N) is 2. The lowest BCUT2D eigenvalue weighted by atomic mass is 9.88. The number of imide groups is 2. The number of carbonyl (C=O) groups excluding carboxylic acids is 6. The van der Waals surface area contributed by atoms with E-state index in [9.17, 15) is 28.8 Å². The van der Waals surface area contributed by atoms with Gasteiger partial charge in [0, 0.05) is 67.8 Å². The van der Waals surface area contributed by atoms with Gasteiger partial charge in [-0.15, -0.1) is 0 Å². The first-order chi connectivity index (χ1) is 27.6. The molecule has 10 rings (SSSR count). The van der Waals surface area contributed by atoms with Crippen LogP contribution in [0.1, 0.15) is 98.4 Å². The number of hydrogen-bond acceptors (Lipinski definition) is 11. The number of ether oxygens (including phenoxy) is 1. The molecule has 2 aromatic heterocycles. The predicted octanol–water partition coefficient (Wildman–Crippen LogP) is 3.01. The average molecular weight is 772 g/mol. The van der Waals surface area contributed by atoms with Crippen LogP contribution < -0.4 is 20.3 Å². The molecule has 6 amide bonds. The molecule has 2 N–H and O–H groups in total. The molecule has 4 fully saturated rings. The molecule has 6 heterocycles. The molecule has 0 radical (unpaired) electrons. The number of benzene rings is 2. The second-order valence-electron chi connectivity index (χ2n) is 16.0. The predicted molar refractivity (Wildman–Crippen MR) is 204 cm³/mol. The molecule has 16 heteroatoms. The van der Waals surface area contributed by atoms with Gasteiger partial charge < -0.3 is 19.9 Å². The Hall–Kier alpha value is -6.16. The highest BCUT2D eigenvalue weighted by molar-refractivity contribution is 6.23. The number of anilines is 2. The van der Waals surface area contributed by atoms with E-state index in [1.807, 2.05) is 17.0 Å². The lowest BCUT2D eigenvalue weighted by Gasteiger charge is -2.49. The summed E-state index contributed by atoms with van der Waals surface area (Å²) in [5.41, 5.74) is 4.23. The summed E-state index contributed by atoms with van der Waals surface area (Å²) < 4.78 is 7.76. The van der Waals surface area contributed by atoms with Crippen LogP contribution in [0.25, 0.3) is 5.65 Å². The maximum absolute atomic E-state index is 13.9. The fourth-order valence-electron chi connectivity index (χ4n) is 9.05. The lowest BCUT2D eigenvalue weighted by molar-refractivity contribution is -0.136. The third-order valence-electron chi connectivity index (χ3n) is 12.5. The molecule has 57 heavy (non-hydrogen) atoms. The van der Waals surface area contributed by atoms with Crippen molar-refractivity contribution in [2.75, 3.05) is 30.4 Å². The van der Waals surface area contributed by atoms with E-state index in [0.717, 1.165) is 67.8 Å². The maximum atomic E-state index is 13.9. The summed E-state index contributed by atoms with van der Waals surface area (Å²) in [6.07, 6.45) is 10.7. The first kappa shape index (κ1) is 35.3. The number of rotatable bonds is 9. The Morgan fingerprint density at radius 1 is 0.895 bits per heavy atom. The van der Waals surface area contributed by atoms with Crippen LogP contribution in [0.5, 0.6) is 5.75 Å². The van der Waals surface area contributed by atoms with Crippen LogP contribution in [-0.2, 0) is 16.1 Å². The lowest BCUT2D eigenvalue weighted by Crippen LogP contribution is -2.61. The van der Waals surface area contributed by atoms with Crippen molar-refractivity contribution in [3.63, 3.8) is 0 Å². The monoisotopic (exact) mass is 771 g/mol. The van der Waals surface area contributed by atoms with Crippen LogP contribution >= 0.6 is 0 Å². The Morgan fingerprint density at radius 2 is 1.68 bits per heavy atom. The molecule has 1 atom stereocenters. The molecule has 2 saturated carbocycles. The van der Waals surface area contributed by atoms with Gasteiger partial charge in [0.15, 0.2) is 5.65 Å². The van der Waals surface area contributed by atoms with E-state index in [1.54, 1.807) is 41.2 Å². The molecular weight excluding hydrogens is 731 g/mol. The van der Waals surface area contributed by atoms with Gasteiger partial charge in [-0.2, -0.15) is 5.10 Å². The molecule has 0 spiro atoms. The van der Waals surface area contributed by atoms with Crippen LogP contribution in [-0.4, -0.2) is 115 Å². The van der Waals surface area contributed by atoms with E-state index < -0.39 is 29.7 Å². The van der Waals surface area contributed by atoms with Crippen LogP contribution in [0.3, 0.4) is 0 Å². The van der Waals surface area contributed by atoms with Crippen molar-refractivity contribution in [2.24, 2.45) is 0 Å². The van der Waals surface area contributed by atoms with Gasteiger partial charge in [-0.25, -0.2) is 9.50 Å². The van der Waals surface area contributed by atoms with E-state index in [2.05, 4.69) is 37.6 Å². The molecule has 0 bridgehead atoms. The topological polar surface area (TPSA) is 179 Å². The number of aromatic nitrogens is 3. The highest BCUT2D eigenvalue weighted by atomic mass is 16.5. The smallest absolute Gasteiger partial charge is 0.262 e. The maximum Gasteiger partial charge on any atom is 0.262 e. The average Bonchev–Trinajstić information content (AvgIpc) is 3.73. The van der Waals surface area contributed by atoms with Gasteiger partial charge >= 0.3 is 0 Å². The third kappa shape index (κ3) is 6.09. The van der Waals surface area contributed by atoms with Crippen molar-refractivity contribution in [1.82, 2.24) is 34.6 Å². The molecular formula is C41H41N9O7. The minimum atomic E-state index is -0.991. The second kappa shape index (κ2) is 13.5. The fourth-order valence-corrected chi connectivity index (χ4v) is 9.05. The third-order valence-corrected chi connectivity index (χ3v) is 12.5. The van der Waals surface area contributed by atoms with Crippen molar-refractivity contribution in [3.8, 4) is 5.75 Å². The molecule has 292 valence electrons. The standard InChI is InChI=1S/C41H41N9O7/c1-46(26-20-47(21-26)25-7-10-28-30(16-25)41(56)50(40(28)55)33-11-12-35(51)45-38(33)53)23-3-5-24(6-4-23)48-19-22-15-32(34(57-27-8-9-27)17-29(22)39(48)54)44-37(52)31-18-43-49-14-2-13-42-36(31)49/h2,7,10,13-18,23-24,26-27,33H,3-6,8-9,11-12,19-21H2,1H3,(H,44,52)(H,45,51,53). The Morgan fingerprint density at radius 3 is 2.46 bits per heavy atom. The summed E-state index contributed by atoms with van der Waals surface area (Å²) in [5, 5.41) is 9.49. The molecule has 4 aromatic rings. The second-order valence-corrected chi connectivity index (χ2v) is 16.0. The number of piperidine rings is 1. The van der Waals surface area contributed by atoms with E-state index >= 15 is 0 Å². The summed E-state index contributed by atoms with van der Waals surface area (Å²) in [7, 11) is 2.16. The summed E-state index contributed by atoms with van der Waals surface area (Å²) >= 11 is 0. The number of carbonyl (C=O) groups is 6. The van der Waals surface area contributed by atoms with Crippen molar-refractivity contribution in [3.05, 3.63) is 82.8 Å². The van der Waals surface area contributed by atoms with Gasteiger partial charge in [0.2, 0.25) is 11.8 Å². The highest BCUT2D eigenvalue weighted by Crippen LogP contribution is 2.40. The first-order valence-electron chi connectivity index (χ1n) is 19.7. The molecule has 2 aliphatic carbocycles. The minimum absolute atomic E-state index is 0.00320. The Balaban J connectivity index is 0.757. The number of fused-ring (bicyclic) bond motifs is 3. The zero-order chi connectivity index (χ0) is 39.1. The summed E-state index contributed by atoms with van der Waals surface area (Å²) in [5.74, 6) is -1.89. The highest BCUT2D eigenvalue weighted by Gasteiger charge is 2.46. The number of hydrogen-bond donors (Lipinski definition) is 2. The van der Waals surface area contributed by atoms with Crippen molar-refractivity contribution >= 4 is 52.5 Å². The van der Waals surface area contributed by atoms with Gasteiger partial charge in [-0.1, -0.05) is 0 Å². The van der Waals surface area contributed by atoms with Crippen LogP contribution in [0, 0.1) is 0 Å². The van der Waals surface area contributed by atoms with Crippen LogP contribution in [0.2, 0.25) is 0 Å². The first-order valence-corrected chi connectivity index (χ1v) is 19.7. The molecule has 16 nitrogen and oxygen atoms in total. The molecule has 2 aromatic carbocycles. The van der Waals surface area contributed by atoms with Crippen LogP contribution in [0.4, 0.5) is 11.4 Å². The Labute approximate surface area is 327 Å². The van der Waals surface area contributed by atoms with Gasteiger partial charge in [0.1, 0.15) is 17.4 Å². The van der Waals surface area contributed by atoms with Gasteiger partial charge in [-0.3, -0.25) is 43.9 Å². The zero-order valence-corrected chi connectivity index (χ0v) is 31.3. The largest absolute Gasteiger partial charge is 0.488 e. The van der Waals surface area contributed by atoms with Crippen molar-refractivity contribution < 1.29 is 33.5 Å². The molecule has 6 aliphatic rings. The van der Waals surface area contributed by atoms with Crippen molar-refractivity contribution in [1.29, 1.82) is 0 Å². The van der Waals surface area contributed by atoms with E-state index in [1.165, 1.54) is 6.20 Å². The summed E-state index contributed by atoms with van der Waals surface area (Å²) in [6, 6.07) is 10.5. The van der Waals surface area contributed by atoms with Crippen LogP contribution in [0.15, 0.2) is 55.0 Å². The number of likely N-dealkylation sites (N-methyl/N-ethyl adjacent to an activating group) is 1. The SMILES string of the molecule is CN(C1CCC(N2Cc3cc(NC(=O)c4cnn5cccnc45)c(OC4CC4)cc3C2=O)CC1)C1CN(c2ccc3c(c2)C(=O)N(C2CCC(=O)NC2=O)C3=O)C1. The number of nitrogens with zero attached hydrogens (tertiary/aromatic N) is 7. The normalized spacial score (nSPS) is 23.6. The molecule has 4 aliphatic heterocycles. The van der Waals surface area contributed by atoms with E-state index in [-0.39, 0.29) is 47.9 Å². The van der Waals surface area contributed by atoms with E-state index in [0.29, 0.717) is 46.8 Å². The van der Waals surface area contributed by atoms with E-state index in [4.69, 9.17) is 4.74 Å². The quantitative estimate of drug-likeness (QED) is 0.239. The van der Waals surface area contributed by atoms with Crippen molar-refractivity contribution in [2.45, 2.75) is 88.2 Å². The Bertz CT molecular complexity index is 2390. The van der Waals surface area contributed by atoms with Gasteiger partial charge in [-0.05, 0) is 94.0 Å². The molecule has 2 saturated heterocycles. The fraction of sp³-hybridized carbons (Fsp3) is 0.415. The minimum Gasteiger partial charge on any atom is -0.488 e. The Kier molecular flexibility index (Phi) is 8.35. The molecule has 1 unspecified atom stereocenters. The summed E-state index contributed by atoms with van der Waals surface area (Å²) in [4.78, 5) is 89.8. The van der Waals surface area contributed by atoms with Gasteiger partial charge in [0.25, 0.3) is 23.6 Å².